The third kappa shape index (κ3) is 4.05. The van der Waals surface area contributed by atoms with Crippen molar-refractivity contribution < 1.29 is 4.79 Å². The van der Waals surface area contributed by atoms with E-state index in [0.717, 1.165) is 22.3 Å². The maximum Gasteiger partial charge on any atom is 0.286 e. The summed E-state index contributed by atoms with van der Waals surface area (Å²) < 4.78 is 0. The number of anilines is 1. The third-order valence-electron chi connectivity index (χ3n) is 3.92. The van der Waals surface area contributed by atoms with Crippen molar-refractivity contribution in [3.63, 3.8) is 0 Å². The molecule has 4 nitrogen and oxygen atoms in total. The molecule has 0 fully saturated rings. The minimum absolute atomic E-state index is 0.263. The average molecular weight is 392 g/mol. The average Bonchev–Trinajstić information content (AvgIpc) is 3.19. The first kappa shape index (κ1) is 17.4. The lowest BCUT2D eigenvalue weighted by molar-refractivity contribution is 0.102. The molecule has 0 aliphatic rings. The second-order valence-corrected chi connectivity index (χ2v) is 7.22. The Kier molecular flexibility index (Phi) is 4.96. The van der Waals surface area contributed by atoms with Gasteiger partial charge >= 0.3 is 0 Å². The minimum Gasteiger partial charge on any atom is -0.320 e. The normalized spacial score (nSPS) is 11.5. The summed E-state index contributed by atoms with van der Waals surface area (Å²) in [4.78, 5) is 12.3. The van der Waals surface area contributed by atoms with Gasteiger partial charge in [0.25, 0.3) is 5.91 Å². The first-order valence-electron chi connectivity index (χ1n) is 8.25. The summed E-state index contributed by atoms with van der Waals surface area (Å²) in [5, 5.41) is 14.3. The number of nitrogens with one attached hydrogen (secondary N) is 1. The molecule has 6 heteroatoms. The Morgan fingerprint density at radius 3 is 2.41 bits per heavy atom. The van der Waals surface area contributed by atoms with Crippen LogP contribution in [0.3, 0.4) is 0 Å². The molecule has 0 radical (unpaired) electrons. The van der Waals surface area contributed by atoms with Crippen LogP contribution in [0.25, 0.3) is 21.9 Å². The maximum absolute atomic E-state index is 12.3. The van der Waals surface area contributed by atoms with E-state index in [1.807, 2.05) is 60.7 Å². The summed E-state index contributed by atoms with van der Waals surface area (Å²) in [5.74, 6) is -0.305. The number of hydrogen-bond acceptors (Lipinski definition) is 4. The molecule has 0 saturated heterocycles. The van der Waals surface area contributed by atoms with Crippen molar-refractivity contribution in [2.24, 2.45) is 0 Å². The summed E-state index contributed by atoms with van der Waals surface area (Å²) in [7, 11) is 0. The molecule has 1 heterocycles. The van der Waals surface area contributed by atoms with Gasteiger partial charge in [0.1, 0.15) is 0 Å². The highest BCUT2D eigenvalue weighted by Crippen LogP contribution is 2.27. The van der Waals surface area contributed by atoms with Crippen LogP contribution in [-0.4, -0.2) is 16.1 Å². The number of rotatable bonds is 4. The number of aromatic nitrogens is 2. The van der Waals surface area contributed by atoms with E-state index < -0.39 is 0 Å². The quantitative estimate of drug-likeness (QED) is 0.486. The lowest BCUT2D eigenvalue weighted by Gasteiger charge is -2.01. The van der Waals surface area contributed by atoms with Gasteiger partial charge in [-0.1, -0.05) is 77.5 Å². The molecule has 4 aromatic rings. The Labute approximate surface area is 165 Å². The molecule has 4 rings (SSSR count). The monoisotopic (exact) mass is 391 g/mol. The molecular formula is C21H14ClN3OS. The minimum atomic E-state index is -0.305. The molecule has 0 aliphatic carbocycles. The molecule has 132 valence electrons. The largest absolute Gasteiger partial charge is 0.320 e. The van der Waals surface area contributed by atoms with Gasteiger partial charge in [-0.05, 0) is 40.6 Å². The molecule has 3 aromatic carbocycles. The van der Waals surface area contributed by atoms with E-state index in [4.69, 9.17) is 11.6 Å². The zero-order valence-corrected chi connectivity index (χ0v) is 15.7. The number of carbonyl (C=O) groups excluding carboxylic acids is 1. The standard InChI is InChI=1S/C21H14ClN3OS/c22-18(13-14-10-11-15-6-4-5-7-16(15)12-14)20-24-25-21(27-20)19(26)23-17-8-2-1-3-9-17/h1-13H,(H,23,26)/b18-13-. The van der Waals surface area contributed by atoms with Gasteiger partial charge in [-0.25, -0.2) is 0 Å². The van der Waals surface area contributed by atoms with Gasteiger partial charge in [-0.2, -0.15) is 0 Å². The number of fused-ring (bicyclic) bond motifs is 1. The van der Waals surface area contributed by atoms with Gasteiger partial charge in [-0.15, -0.1) is 10.2 Å². The summed E-state index contributed by atoms with van der Waals surface area (Å²) in [6, 6.07) is 23.4. The lowest BCUT2D eigenvalue weighted by Crippen LogP contribution is -2.11. The Morgan fingerprint density at radius 1 is 0.889 bits per heavy atom. The van der Waals surface area contributed by atoms with Gasteiger partial charge in [0.2, 0.25) is 5.01 Å². The van der Waals surface area contributed by atoms with Crippen molar-refractivity contribution in [1.82, 2.24) is 10.2 Å². The van der Waals surface area contributed by atoms with Crippen LogP contribution in [0.4, 0.5) is 5.69 Å². The fourth-order valence-corrected chi connectivity index (χ4v) is 3.55. The molecule has 0 saturated carbocycles. The Hall–Kier alpha value is -3.02. The first-order valence-corrected chi connectivity index (χ1v) is 9.45. The number of carbonyl (C=O) groups is 1. The number of halogens is 1. The van der Waals surface area contributed by atoms with Crippen LogP contribution < -0.4 is 5.32 Å². The molecule has 1 amide bonds. The van der Waals surface area contributed by atoms with Crippen LogP contribution in [0.15, 0.2) is 72.8 Å². The van der Waals surface area contributed by atoms with Crippen molar-refractivity contribution in [3.05, 3.63) is 88.4 Å². The molecule has 0 atom stereocenters. The SMILES string of the molecule is O=C(Nc1ccccc1)c1nnc(/C(Cl)=C/c2ccc3ccccc3c2)s1. The summed E-state index contributed by atoms with van der Waals surface area (Å²) in [6.45, 7) is 0. The first-order chi connectivity index (χ1) is 13.2. The Bertz CT molecular complexity index is 1140. The number of benzene rings is 3. The van der Waals surface area contributed by atoms with Gasteiger partial charge in [0, 0.05) is 5.69 Å². The van der Waals surface area contributed by atoms with Crippen molar-refractivity contribution >= 4 is 56.4 Å². The molecule has 0 unspecified atom stereocenters. The second-order valence-electron chi connectivity index (χ2n) is 5.83. The van der Waals surface area contributed by atoms with Crippen LogP contribution in [-0.2, 0) is 0 Å². The van der Waals surface area contributed by atoms with Crippen molar-refractivity contribution in [3.8, 4) is 0 Å². The summed E-state index contributed by atoms with van der Waals surface area (Å²) >= 11 is 7.56. The zero-order chi connectivity index (χ0) is 18.6. The van der Waals surface area contributed by atoms with Gasteiger partial charge in [0.05, 0.1) is 5.03 Å². The number of amides is 1. The fourth-order valence-electron chi connectivity index (χ4n) is 2.62. The van der Waals surface area contributed by atoms with Crippen LogP contribution in [0.5, 0.6) is 0 Å². The highest BCUT2D eigenvalue weighted by atomic mass is 35.5. The Morgan fingerprint density at radius 2 is 1.59 bits per heavy atom. The van der Waals surface area contributed by atoms with E-state index >= 15 is 0 Å². The Balaban J connectivity index is 1.54. The zero-order valence-electron chi connectivity index (χ0n) is 14.1. The highest BCUT2D eigenvalue weighted by Gasteiger charge is 2.14. The molecule has 1 aromatic heterocycles. The van der Waals surface area contributed by atoms with Crippen LogP contribution >= 0.6 is 22.9 Å². The predicted molar refractivity (Wildman–Crippen MR) is 112 cm³/mol. The molecule has 27 heavy (non-hydrogen) atoms. The number of para-hydroxylation sites is 1. The van der Waals surface area contributed by atoms with Gasteiger partial charge in [-0.3, -0.25) is 4.79 Å². The summed E-state index contributed by atoms with van der Waals surface area (Å²) in [5.41, 5.74) is 1.67. The van der Waals surface area contributed by atoms with Crippen LogP contribution in [0, 0.1) is 0 Å². The lowest BCUT2D eigenvalue weighted by atomic mass is 10.1. The predicted octanol–water partition coefficient (Wildman–Crippen LogP) is 5.68. The van der Waals surface area contributed by atoms with Gasteiger partial charge < -0.3 is 5.32 Å². The van der Waals surface area contributed by atoms with Crippen molar-refractivity contribution in [1.29, 1.82) is 0 Å². The smallest absolute Gasteiger partial charge is 0.286 e. The molecule has 0 spiro atoms. The summed E-state index contributed by atoms with van der Waals surface area (Å²) in [6.07, 6.45) is 1.83. The van der Waals surface area contributed by atoms with E-state index in [1.54, 1.807) is 0 Å². The van der Waals surface area contributed by atoms with E-state index in [9.17, 15) is 4.79 Å². The van der Waals surface area contributed by atoms with Gasteiger partial charge in [0.15, 0.2) is 5.01 Å². The van der Waals surface area contributed by atoms with E-state index in [-0.39, 0.29) is 10.9 Å². The van der Waals surface area contributed by atoms with E-state index in [1.165, 1.54) is 5.39 Å². The van der Waals surface area contributed by atoms with Crippen LogP contribution in [0.2, 0.25) is 0 Å². The fraction of sp³-hybridized carbons (Fsp3) is 0. The van der Waals surface area contributed by atoms with Crippen LogP contribution in [0.1, 0.15) is 20.4 Å². The topological polar surface area (TPSA) is 54.9 Å². The highest BCUT2D eigenvalue weighted by molar-refractivity contribution is 7.15. The van der Waals surface area contributed by atoms with E-state index in [0.29, 0.717) is 15.7 Å². The maximum atomic E-state index is 12.3. The number of nitrogens with zero attached hydrogens (tertiary/aromatic N) is 2. The van der Waals surface area contributed by atoms with E-state index in [2.05, 4.69) is 33.7 Å². The third-order valence-corrected chi connectivity index (χ3v) is 5.28. The molecule has 0 aliphatic heterocycles. The molecule has 0 bridgehead atoms. The second kappa shape index (κ2) is 7.70. The van der Waals surface area contributed by atoms with Crippen molar-refractivity contribution in [2.75, 3.05) is 5.32 Å². The van der Waals surface area contributed by atoms with Crippen molar-refractivity contribution in [2.45, 2.75) is 0 Å². The molecular weight excluding hydrogens is 378 g/mol. The molecule has 1 N–H and O–H groups in total. The number of hydrogen-bond donors (Lipinski definition) is 1.